The van der Waals surface area contributed by atoms with Crippen LogP contribution >= 0.6 is 0 Å². The van der Waals surface area contributed by atoms with Gasteiger partial charge in [-0.15, -0.1) is 0 Å². The van der Waals surface area contributed by atoms with E-state index in [-0.39, 0.29) is 0 Å². The number of hydrogen-bond acceptors (Lipinski definition) is 0. The van der Waals surface area contributed by atoms with Gasteiger partial charge in [0.2, 0.25) is 0 Å². The summed E-state index contributed by atoms with van der Waals surface area (Å²) in [5, 5.41) is 0. The van der Waals surface area contributed by atoms with Crippen LogP contribution in [0.5, 0.6) is 0 Å². The van der Waals surface area contributed by atoms with Gasteiger partial charge >= 0.3 is 0 Å². The molecule has 0 radical (unpaired) electrons. The van der Waals surface area contributed by atoms with Crippen LogP contribution in [0.15, 0.2) is 95.2 Å². The van der Waals surface area contributed by atoms with Crippen molar-refractivity contribution in [3.63, 3.8) is 0 Å². The first-order valence-electron chi connectivity index (χ1n) is 7.66. The molecule has 0 fully saturated rings. The fourth-order valence-electron chi connectivity index (χ4n) is 3.09. The topological polar surface area (TPSA) is 0 Å². The normalized spacial score (nSPS) is 22.0. The lowest BCUT2D eigenvalue weighted by molar-refractivity contribution is 0.831. The van der Waals surface area contributed by atoms with E-state index in [1.807, 2.05) is 12.2 Å². The average Bonchev–Trinajstić information content (AvgIpc) is 2.67. The Morgan fingerprint density at radius 1 is 1.14 bits per heavy atom. The Labute approximate surface area is 129 Å². The van der Waals surface area contributed by atoms with E-state index < -0.39 is 0 Å². The summed E-state index contributed by atoms with van der Waals surface area (Å²) in [5.74, 6) is 0.454. The summed E-state index contributed by atoms with van der Waals surface area (Å²) in [6.45, 7) is 10.5. The number of allylic oxidation sites excluding steroid dienone is 15. The second kappa shape index (κ2) is 7.08. The maximum Gasteiger partial charge on any atom is 0.00726 e. The van der Waals surface area contributed by atoms with Crippen LogP contribution < -0.4 is 0 Å². The van der Waals surface area contributed by atoms with Gasteiger partial charge in [0.15, 0.2) is 0 Å². The molecule has 0 spiro atoms. The molecule has 0 aromatic carbocycles. The molecule has 0 aromatic heterocycles. The van der Waals surface area contributed by atoms with Gasteiger partial charge in [-0.2, -0.15) is 0 Å². The predicted octanol–water partition coefficient (Wildman–Crippen LogP) is 6.01. The fraction of sp³-hybridized carbons (Fsp3) is 0.238. The Morgan fingerprint density at radius 3 is 2.67 bits per heavy atom. The van der Waals surface area contributed by atoms with E-state index in [0.29, 0.717) is 5.92 Å². The third kappa shape index (κ3) is 3.16. The molecule has 0 bridgehead atoms. The minimum absolute atomic E-state index is 0.454. The van der Waals surface area contributed by atoms with Gasteiger partial charge in [-0.05, 0) is 41.2 Å². The number of rotatable bonds is 4. The second-order valence-electron chi connectivity index (χ2n) is 5.40. The Morgan fingerprint density at radius 2 is 1.95 bits per heavy atom. The molecule has 0 heterocycles. The van der Waals surface area contributed by atoms with Crippen LogP contribution in [0, 0.1) is 5.92 Å². The zero-order chi connectivity index (χ0) is 15.2. The van der Waals surface area contributed by atoms with Crippen LogP contribution in [0.2, 0.25) is 0 Å². The first-order chi connectivity index (χ1) is 10.2. The minimum Gasteiger partial charge on any atom is -0.0991 e. The zero-order valence-corrected chi connectivity index (χ0v) is 13.3. The summed E-state index contributed by atoms with van der Waals surface area (Å²) in [7, 11) is 0. The lowest BCUT2D eigenvalue weighted by Gasteiger charge is -2.16. The lowest BCUT2D eigenvalue weighted by Crippen LogP contribution is -2.01. The van der Waals surface area contributed by atoms with Crippen molar-refractivity contribution in [2.45, 2.75) is 27.2 Å². The van der Waals surface area contributed by atoms with Gasteiger partial charge in [0.25, 0.3) is 0 Å². The highest BCUT2D eigenvalue weighted by Crippen LogP contribution is 2.43. The highest BCUT2D eigenvalue weighted by Gasteiger charge is 2.27. The van der Waals surface area contributed by atoms with E-state index in [4.69, 9.17) is 0 Å². The maximum atomic E-state index is 3.70. The minimum atomic E-state index is 0.454. The molecular weight excluding hydrogens is 252 g/mol. The van der Waals surface area contributed by atoms with Crippen LogP contribution in [-0.4, -0.2) is 0 Å². The average molecular weight is 276 g/mol. The van der Waals surface area contributed by atoms with E-state index >= 15 is 0 Å². The highest BCUT2D eigenvalue weighted by atomic mass is 14.3. The molecule has 0 amide bonds. The molecule has 0 nitrogen and oxygen atoms in total. The smallest absolute Gasteiger partial charge is 0.00726 e. The van der Waals surface area contributed by atoms with Crippen LogP contribution in [0.4, 0.5) is 0 Å². The van der Waals surface area contributed by atoms with Crippen molar-refractivity contribution in [2.24, 2.45) is 5.92 Å². The Balaban J connectivity index is 2.41. The standard InChI is InChI=1S/C21H24/c1-5-7-8-11-14-19-16(3)20-15-12-9-10-13-18(6-2)21(20)17(19)4/h5,7-15,17H,1,6H2,2-4H3/b8-7-,10-9?,12-9?,13-10?,14-11-,15-12?,18-13?,20-15?,21-18?. The van der Waals surface area contributed by atoms with Gasteiger partial charge in [-0.3, -0.25) is 0 Å². The van der Waals surface area contributed by atoms with E-state index in [1.165, 1.54) is 27.9 Å². The lowest BCUT2D eigenvalue weighted by atomic mass is 9.88. The molecule has 0 saturated carbocycles. The molecule has 108 valence electrons. The van der Waals surface area contributed by atoms with Crippen molar-refractivity contribution < 1.29 is 0 Å². The van der Waals surface area contributed by atoms with Gasteiger partial charge in [0.05, 0.1) is 0 Å². The van der Waals surface area contributed by atoms with Crippen molar-refractivity contribution in [3.05, 3.63) is 95.2 Å². The van der Waals surface area contributed by atoms with Gasteiger partial charge in [0.1, 0.15) is 0 Å². The predicted molar refractivity (Wildman–Crippen MR) is 94.0 cm³/mol. The molecule has 21 heavy (non-hydrogen) atoms. The SMILES string of the molecule is C=C/C=C\C=C/C1=C(C)C2=C(C(CC)=CC=CC=C2)C1C. The Kier molecular flexibility index (Phi) is 5.16. The van der Waals surface area contributed by atoms with Gasteiger partial charge in [0, 0.05) is 5.92 Å². The highest BCUT2D eigenvalue weighted by molar-refractivity contribution is 5.63. The molecule has 1 unspecified atom stereocenters. The summed E-state index contributed by atoms with van der Waals surface area (Å²) in [6, 6.07) is 0. The van der Waals surface area contributed by atoms with E-state index in [0.717, 1.165) is 6.42 Å². The molecule has 2 aliphatic carbocycles. The summed E-state index contributed by atoms with van der Waals surface area (Å²) in [4.78, 5) is 0. The van der Waals surface area contributed by atoms with E-state index in [1.54, 1.807) is 6.08 Å². The summed E-state index contributed by atoms with van der Waals surface area (Å²) < 4.78 is 0. The monoisotopic (exact) mass is 276 g/mol. The largest absolute Gasteiger partial charge is 0.0991 e. The van der Waals surface area contributed by atoms with E-state index in [2.05, 4.69) is 69.9 Å². The maximum absolute atomic E-state index is 3.70. The molecule has 0 heteroatoms. The second-order valence-corrected chi connectivity index (χ2v) is 5.40. The van der Waals surface area contributed by atoms with Crippen molar-refractivity contribution >= 4 is 0 Å². The fourth-order valence-corrected chi connectivity index (χ4v) is 3.09. The van der Waals surface area contributed by atoms with Crippen molar-refractivity contribution in [2.75, 3.05) is 0 Å². The van der Waals surface area contributed by atoms with Gasteiger partial charge in [-0.25, -0.2) is 0 Å². The molecule has 1 atom stereocenters. The molecule has 0 aromatic rings. The third-order valence-electron chi connectivity index (χ3n) is 4.17. The summed E-state index contributed by atoms with van der Waals surface area (Å²) >= 11 is 0. The van der Waals surface area contributed by atoms with Crippen LogP contribution in [-0.2, 0) is 0 Å². The molecule has 2 aliphatic rings. The zero-order valence-electron chi connectivity index (χ0n) is 13.3. The van der Waals surface area contributed by atoms with Crippen LogP contribution in [0.25, 0.3) is 0 Å². The van der Waals surface area contributed by atoms with Gasteiger partial charge in [-0.1, -0.05) is 81.2 Å². The molecular formula is C21H24. The quantitative estimate of drug-likeness (QED) is 0.551. The third-order valence-corrected chi connectivity index (χ3v) is 4.17. The first kappa shape index (κ1) is 15.3. The first-order valence-corrected chi connectivity index (χ1v) is 7.66. The number of hydrogen-bond donors (Lipinski definition) is 0. The summed E-state index contributed by atoms with van der Waals surface area (Å²) in [5.41, 5.74) is 7.14. The Bertz CT molecular complexity index is 625. The molecule has 0 aliphatic heterocycles. The van der Waals surface area contributed by atoms with Crippen LogP contribution in [0.3, 0.4) is 0 Å². The Hall–Kier alpha value is -2.08. The van der Waals surface area contributed by atoms with Crippen molar-refractivity contribution in [1.82, 2.24) is 0 Å². The molecule has 0 saturated heterocycles. The van der Waals surface area contributed by atoms with Crippen molar-refractivity contribution in [3.8, 4) is 0 Å². The summed E-state index contributed by atoms with van der Waals surface area (Å²) in [6.07, 6.45) is 22.1. The molecule has 2 rings (SSSR count). The van der Waals surface area contributed by atoms with Gasteiger partial charge < -0.3 is 0 Å². The van der Waals surface area contributed by atoms with E-state index in [9.17, 15) is 0 Å². The van der Waals surface area contributed by atoms with Crippen molar-refractivity contribution in [1.29, 1.82) is 0 Å². The van der Waals surface area contributed by atoms with Crippen LogP contribution in [0.1, 0.15) is 27.2 Å². The molecule has 0 N–H and O–H groups in total.